The van der Waals surface area contributed by atoms with Crippen LogP contribution in [0.25, 0.3) is 0 Å². The summed E-state index contributed by atoms with van der Waals surface area (Å²) in [5, 5.41) is 6.26. The number of alkyl carbamates (subject to hydrolysis) is 1. The van der Waals surface area contributed by atoms with Crippen LogP contribution in [0.2, 0.25) is 0 Å². The second-order valence-electron chi connectivity index (χ2n) is 5.72. The summed E-state index contributed by atoms with van der Waals surface area (Å²) in [7, 11) is 0. The molecular formula is C14H25N3O2S. The average Bonchev–Trinajstić information content (AvgIpc) is 2.83. The van der Waals surface area contributed by atoms with Gasteiger partial charge in [-0.3, -0.25) is 4.98 Å². The third-order valence-electron chi connectivity index (χ3n) is 2.58. The fraction of sp³-hybridized carbons (Fsp3) is 0.714. The predicted molar refractivity (Wildman–Crippen MR) is 81.9 cm³/mol. The molecule has 0 aliphatic rings. The Morgan fingerprint density at radius 1 is 1.50 bits per heavy atom. The summed E-state index contributed by atoms with van der Waals surface area (Å²) in [5.74, 6) is 0. The van der Waals surface area contributed by atoms with Gasteiger partial charge in [-0.2, -0.15) is 0 Å². The summed E-state index contributed by atoms with van der Waals surface area (Å²) in [6.45, 7) is 9.07. The van der Waals surface area contributed by atoms with Crippen LogP contribution in [0.1, 0.15) is 45.4 Å². The average molecular weight is 299 g/mol. The smallest absolute Gasteiger partial charge is 0.407 e. The lowest BCUT2D eigenvalue weighted by atomic mass is 10.1. The Morgan fingerprint density at radius 2 is 2.25 bits per heavy atom. The SMILES string of the molecule is CCCC(CNC(=O)OC(C)(C)C)NCc1cncs1. The molecule has 1 unspecified atom stereocenters. The highest BCUT2D eigenvalue weighted by molar-refractivity contribution is 7.09. The molecule has 20 heavy (non-hydrogen) atoms. The first-order valence-electron chi connectivity index (χ1n) is 6.98. The maximum Gasteiger partial charge on any atom is 0.407 e. The lowest BCUT2D eigenvalue weighted by Crippen LogP contribution is -2.42. The fourth-order valence-electron chi connectivity index (χ4n) is 1.72. The van der Waals surface area contributed by atoms with E-state index in [0.717, 1.165) is 19.4 Å². The topological polar surface area (TPSA) is 63.2 Å². The van der Waals surface area contributed by atoms with E-state index in [4.69, 9.17) is 4.74 Å². The molecule has 2 N–H and O–H groups in total. The molecule has 1 heterocycles. The maximum atomic E-state index is 11.6. The Labute approximate surface area is 125 Å². The minimum Gasteiger partial charge on any atom is -0.444 e. The molecule has 1 aromatic rings. The van der Waals surface area contributed by atoms with E-state index in [1.165, 1.54) is 4.88 Å². The zero-order valence-corrected chi connectivity index (χ0v) is 13.5. The van der Waals surface area contributed by atoms with Crippen molar-refractivity contribution in [3.05, 3.63) is 16.6 Å². The van der Waals surface area contributed by atoms with E-state index in [2.05, 4.69) is 22.5 Å². The van der Waals surface area contributed by atoms with E-state index < -0.39 is 5.60 Å². The molecule has 0 saturated heterocycles. The largest absolute Gasteiger partial charge is 0.444 e. The Kier molecular flexibility index (Phi) is 6.95. The molecule has 1 atom stereocenters. The predicted octanol–water partition coefficient (Wildman–Crippen LogP) is 2.93. The van der Waals surface area contributed by atoms with Crippen molar-refractivity contribution in [1.29, 1.82) is 0 Å². The standard InChI is InChI=1S/C14H25N3O2S/c1-5-6-11(16-9-12-8-15-10-20-12)7-17-13(18)19-14(2,3)4/h8,10-11,16H,5-7,9H2,1-4H3,(H,17,18). The number of nitrogens with zero attached hydrogens (tertiary/aromatic N) is 1. The van der Waals surface area contributed by atoms with E-state index >= 15 is 0 Å². The Bertz CT molecular complexity index is 388. The molecule has 0 aliphatic heterocycles. The van der Waals surface area contributed by atoms with Crippen LogP contribution in [0, 0.1) is 0 Å². The van der Waals surface area contributed by atoms with E-state index in [1.807, 2.05) is 32.5 Å². The molecule has 0 fully saturated rings. The molecule has 1 rings (SSSR count). The van der Waals surface area contributed by atoms with Gasteiger partial charge in [-0.25, -0.2) is 4.79 Å². The first kappa shape index (κ1) is 16.9. The molecular weight excluding hydrogens is 274 g/mol. The van der Waals surface area contributed by atoms with Gasteiger partial charge in [0.25, 0.3) is 0 Å². The number of hydrogen-bond acceptors (Lipinski definition) is 5. The maximum absolute atomic E-state index is 11.6. The van der Waals surface area contributed by atoms with Crippen LogP contribution in [0.4, 0.5) is 4.79 Å². The van der Waals surface area contributed by atoms with Crippen LogP contribution in [0.5, 0.6) is 0 Å². The number of ether oxygens (including phenoxy) is 1. The van der Waals surface area contributed by atoms with E-state index in [-0.39, 0.29) is 12.1 Å². The lowest BCUT2D eigenvalue weighted by molar-refractivity contribution is 0.0521. The summed E-state index contributed by atoms with van der Waals surface area (Å²) in [6.07, 6.45) is 3.57. The van der Waals surface area contributed by atoms with Crippen molar-refractivity contribution in [3.8, 4) is 0 Å². The highest BCUT2D eigenvalue weighted by atomic mass is 32.1. The zero-order chi connectivity index (χ0) is 15.0. The van der Waals surface area contributed by atoms with Crippen LogP contribution in [0.15, 0.2) is 11.7 Å². The number of thiazole rings is 1. The van der Waals surface area contributed by atoms with Gasteiger partial charge in [0.2, 0.25) is 0 Å². The van der Waals surface area contributed by atoms with Gasteiger partial charge in [0.1, 0.15) is 5.60 Å². The van der Waals surface area contributed by atoms with E-state index in [0.29, 0.717) is 6.54 Å². The highest BCUT2D eigenvalue weighted by Crippen LogP contribution is 2.08. The van der Waals surface area contributed by atoms with Gasteiger partial charge in [0.15, 0.2) is 0 Å². The number of carbonyl (C=O) groups is 1. The minimum absolute atomic E-state index is 0.245. The number of aromatic nitrogens is 1. The van der Waals surface area contributed by atoms with Gasteiger partial charge in [0.05, 0.1) is 5.51 Å². The summed E-state index contributed by atoms with van der Waals surface area (Å²) in [5.41, 5.74) is 1.37. The quantitative estimate of drug-likeness (QED) is 0.812. The normalized spacial score (nSPS) is 13.0. The molecule has 5 nitrogen and oxygen atoms in total. The molecule has 0 spiro atoms. The monoisotopic (exact) mass is 299 g/mol. The number of rotatable bonds is 7. The molecule has 114 valence electrons. The Morgan fingerprint density at radius 3 is 2.80 bits per heavy atom. The van der Waals surface area contributed by atoms with Crippen molar-refractivity contribution in [1.82, 2.24) is 15.6 Å². The fourth-order valence-corrected chi connectivity index (χ4v) is 2.27. The number of amides is 1. The number of hydrogen-bond donors (Lipinski definition) is 2. The molecule has 0 radical (unpaired) electrons. The van der Waals surface area contributed by atoms with E-state index in [9.17, 15) is 4.79 Å². The van der Waals surface area contributed by atoms with Crippen LogP contribution in [-0.4, -0.2) is 29.3 Å². The van der Waals surface area contributed by atoms with Crippen LogP contribution >= 0.6 is 11.3 Å². The van der Waals surface area contributed by atoms with Crippen molar-refractivity contribution in [2.45, 2.75) is 58.7 Å². The molecule has 0 aliphatic carbocycles. The molecule has 6 heteroatoms. The minimum atomic E-state index is -0.458. The van der Waals surface area contributed by atoms with E-state index in [1.54, 1.807) is 11.3 Å². The lowest BCUT2D eigenvalue weighted by Gasteiger charge is -2.22. The molecule has 1 aromatic heterocycles. The van der Waals surface area contributed by atoms with Gasteiger partial charge in [-0.15, -0.1) is 11.3 Å². The first-order chi connectivity index (χ1) is 9.40. The molecule has 1 amide bonds. The molecule has 0 aromatic carbocycles. The zero-order valence-electron chi connectivity index (χ0n) is 12.7. The van der Waals surface area contributed by atoms with Crippen LogP contribution in [-0.2, 0) is 11.3 Å². The summed E-state index contributed by atoms with van der Waals surface area (Å²) in [4.78, 5) is 16.9. The van der Waals surface area contributed by atoms with Crippen molar-refractivity contribution in [2.24, 2.45) is 0 Å². The Hall–Kier alpha value is -1.14. The van der Waals surface area contributed by atoms with Crippen LogP contribution < -0.4 is 10.6 Å². The van der Waals surface area contributed by atoms with Crippen molar-refractivity contribution in [3.63, 3.8) is 0 Å². The van der Waals surface area contributed by atoms with Gasteiger partial charge in [0, 0.05) is 30.2 Å². The molecule has 0 bridgehead atoms. The first-order valence-corrected chi connectivity index (χ1v) is 7.86. The summed E-state index contributed by atoms with van der Waals surface area (Å²) in [6, 6.07) is 0.245. The second kappa shape index (κ2) is 8.21. The van der Waals surface area contributed by atoms with Crippen molar-refractivity contribution >= 4 is 17.4 Å². The third-order valence-corrected chi connectivity index (χ3v) is 3.36. The van der Waals surface area contributed by atoms with Crippen molar-refractivity contribution in [2.75, 3.05) is 6.54 Å². The van der Waals surface area contributed by atoms with Gasteiger partial charge >= 0.3 is 6.09 Å². The Balaban J connectivity index is 2.33. The van der Waals surface area contributed by atoms with Gasteiger partial charge in [-0.05, 0) is 27.2 Å². The summed E-state index contributed by atoms with van der Waals surface area (Å²) < 4.78 is 5.23. The summed E-state index contributed by atoms with van der Waals surface area (Å²) >= 11 is 1.63. The van der Waals surface area contributed by atoms with Crippen LogP contribution in [0.3, 0.4) is 0 Å². The van der Waals surface area contributed by atoms with Crippen molar-refractivity contribution < 1.29 is 9.53 Å². The number of nitrogens with one attached hydrogen (secondary N) is 2. The van der Waals surface area contributed by atoms with Gasteiger partial charge < -0.3 is 15.4 Å². The second-order valence-corrected chi connectivity index (χ2v) is 6.69. The molecule has 0 saturated carbocycles. The number of carbonyl (C=O) groups excluding carboxylic acids is 1. The third kappa shape index (κ3) is 7.45. The van der Waals surface area contributed by atoms with Gasteiger partial charge in [-0.1, -0.05) is 13.3 Å². The highest BCUT2D eigenvalue weighted by Gasteiger charge is 2.17.